The summed E-state index contributed by atoms with van der Waals surface area (Å²) in [5.74, 6) is -1.45. The lowest BCUT2D eigenvalue weighted by molar-refractivity contribution is 0.0733. The molecule has 4 rings (SSSR count). The van der Waals surface area contributed by atoms with Crippen molar-refractivity contribution in [2.24, 2.45) is 17.8 Å². The van der Waals surface area contributed by atoms with Gasteiger partial charge in [0, 0.05) is 11.6 Å². The van der Waals surface area contributed by atoms with Crippen LogP contribution in [0, 0.1) is 35.2 Å². The summed E-state index contributed by atoms with van der Waals surface area (Å²) in [5.41, 5.74) is 0.322. The SMILES string of the molecule is C=CCCc1ccc(OC(=O)c2cc(F)c(C3CCC4CC(C=C)CCC4C3)c(F)c2)cc1F. The Morgan fingerprint density at radius 3 is 2.32 bits per heavy atom. The molecule has 2 aromatic rings. The molecule has 0 bridgehead atoms. The van der Waals surface area contributed by atoms with E-state index in [-0.39, 0.29) is 22.8 Å². The molecule has 0 aromatic heterocycles. The fourth-order valence-electron chi connectivity index (χ4n) is 5.71. The van der Waals surface area contributed by atoms with Crippen LogP contribution in [0.25, 0.3) is 0 Å². The zero-order valence-corrected chi connectivity index (χ0v) is 19.4. The third-order valence-corrected chi connectivity index (χ3v) is 7.56. The maximum atomic E-state index is 15.0. The zero-order chi connectivity index (χ0) is 24.2. The van der Waals surface area contributed by atoms with Crippen LogP contribution in [0.1, 0.15) is 72.3 Å². The average Bonchev–Trinajstić information content (AvgIpc) is 2.82. The van der Waals surface area contributed by atoms with Gasteiger partial charge in [-0.1, -0.05) is 18.2 Å². The minimum Gasteiger partial charge on any atom is -0.423 e. The van der Waals surface area contributed by atoms with E-state index in [1.165, 1.54) is 12.1 Å². The highest BCUT2D eigenvalue weighted by Gasteiger charge is 2.37. The highest BCUT2D eigenvalue weighted by Crippen LogP contribution is 2.48. The second-order valence-electron chi connectivity index (χ2n) is 9.66. The molecule has 0 amide bonds. The molecular formula is C29H31F3O2. The van der Waals surface area contributed by atoms with Gasteiger partial charge in [0.05, 0.1) is 5.56 Å². The molecule has 0 aliphatic heterocycles. The first-order valence-electron chi connectivity index (χ1n) is 12.1. The number of benzene rings is 2. The number of hydrogen-bond donors (Lipinski definition) is 0. The van der Waals surface area contributed by atoms with Gasteiger partial charge >= 0.3 is 5.97 Å². The van der Waals surface area contributed by atoms with Gasteiger partial charge in [-0.05, 0) is 98.8 Å². The van der Waals surface area contributed by atoms with Gasteiger partial charge in [-0.3, -0.25) is 0 Å². The van der Waals surface area contributed by atoms with Gasteiger partial charge in [-0.15, -0.1) is 13.2 Å². The molecule has 0 spiro atoms. The van der Waals surface area contributed by atoms with Gasteiger partial charge in [0.25, 0.3) is 0 Å². The number of halogens is 3. The maximum Gasteiger partial charge on any atom is 0.343 e. The number of esters is 1. The summed E-state index contributed by atoms with van der Waals surface area (Å²) in [5, 5.41) is 0. The number of carbonyl (C=O) groups is 1. The Balaban J connectivity index is 1.45. The average molecular weight is 469 g/mol. The summed E-state index contributed by atoms with van der Waals surface area (Å²) in [6, 6.07) is 6.19. The molecule has 4 unspecified atom stereocenters. The van der Waals surface area contributed by atoms with E-state index < -0.39 is 23.4 Å². The second-order valence-corrected chi connectivity index (χ2v) is 9.66. The predicted octanol–water partition coefficient (Wildman–Crippen LogP) is 7.93. The van der Waals surface area contributed by atoms with E-state index in [1.54, 1.807) is 6.08 Å². The van der Waals surface area contributed by atoms with Crippen LogP contribution in [0.5, 0.6) is 5.75 Å². The van der Waals surface area contributed by atoms with E-state index in [2.05, 4.69) is 13.2 Å². The summed E-state index contributed by atoms with van der Waals surface area (Å²) in [6.45, 7) is 7.53. The van der Waals surface area contributed by atoms with Crippen molar-refractivity contribution >= 4 is 5.97 Å². The Labute approximate surface area is 199 Å². The molecule has 2 saturated carbocycles. The van der Waals surface area contributed by atoms with E-state index in [4.69, 9.17) is 4.74 Å². The third-order valence-electron chi connectivity index (χ3n) is 7.56. The Morgan fingerprint density at radius 2 is 1.65 bits per heavy atom. The van der Waals surface area contributed by atoms with Crippen molar-refractivity contribution in [2.75, 3.05) is 0 Å². The lowest BCUT2D eigenvalue weighted by atomic mass is 9.64. The normalized spacial score (nSPS) is 24.2. The number of fused-ring (bicyclic) bond motifs is 1. The summed E-state index contributed by atoms with van der Waals surface area (Å²) >= 11 is 0. The first-order valence-corrected chi connectivity index (χ1v) is 12.1. The largest absolute Gasteiger partial charge is 0.423 e. The second kappa shape index (κ2) is 10.6. The van der Waals surface area contributed by atoms with Crippen LogP contribution >= 0.6 is 0 Å². The number of carbonyl (C=O) groups excluding carboxylic acids is 1. The summed E-state index contributed by atoms with van der Waals surface area (Å²) in [7, 11) is 0. The lowest BCUT2D eigenvalue weighted by Gasteiger charge is -2.41. The molecule has 0 saturated heterocycles. The fourth-order valence-corrected chi connectivity index (χ4v) is 5.71. The molecule has 34 heavy (non-hydrogen) atoms. The predicted molar refractivity (Wildman–Crippen MR) is 127 cm³/mol. The van der Waals surface area contributed by atoms with Crippen LogP contribution < -0.4 is 4.74 Å². The number of rotatable bonds is 7. The molecule has 0 N–H and O–H groups in total. The van der Waals surface area contributed by atoms with Crippen LogP contribution in [-0.4, -0.2) is 5.97 Å². The van der Waals surface area contributed by atoms with E-state index in [1.807, 2.05) is 6.08 Å². The summed E-state index contributed by atoms with van der Waals surface area (Å²) in [4.78, 5) is 12.5. The molecule has 0 heterocycles. The summed E-state index contributed by atoms with van der Waals surface area (Å²) < 4.78 is 49.5. The van der Waals surface area contributed by atoms with Crippen LogP contribution in [0.2, 0.25) is 0 Å². The Kier molecular flexibility index (Phi) is 7.60. The minimum absolute atomic E-state index is 0.0109. The van der Waals surface area contributed by atoms with Crippen molar-refractivity contribution < 1.29 is 22.7 Å². The molecule has 180 valence electrons. The smallest absolute Gasteiger partial charge is 0.343 e. The highest BCUT2D eigenvalue weighted by atomic mass is 19.1. The lowest BCUT2D eigenvalue weighted by Crippen LogP contribution is -2.30. The van der Waals surface area contributed by atoms with Crippen LogP contribution in [-0.2, 0) is 6.42 Å². The molecular weight excluding hydrogens is 437 g/mol. The van der Waals surface area contributed by atoms with Crippen molar-refractivity contribution in [1.29, 1.82) is 0 Å². The third kappa shape index (κ3) is 5.29. The van der Waals surface area contributed by atoms with E-state index >= 15 is 8.78 Å². The van der Waals surface area contributed by atoms with E-state index in [0.29, 0.717) is 36.2 Å². The molecule has 2 aromatic carbocycles. The molecule has 0 radical (unpaired) electrons. The Hall–Kier alpha value is -2.82. The minimum atomic E-state index is -0.922. The molecule has 2 aliphatic rings. The van der Waals surface area contributed by atoms with Crippen molar-refractivity contribution in [3.05, 3.63) is 89.8 Å². The van der Waals surface area contributed by atoms with Crippen LogP contribution in [0.3, 0.4) is 0 Å². The first-order chi connectivity index (χ1) is 16.4. The van der Waals surface area contributed by atoms with E-state index in [9.17, 15) is 9.18 Å². The van der Waals surface area contributed by atoms with Gasteiger partial charge in [0.1, 0.15) is 23.2 Å². The van der Waals surface area contributed by atoms with Crippen molar-refractivity contribution in [3.63, 3.8) is 0 Å². The number of aryl methyl sites for hydroxylation is 1. The number of hydrogen-bond acceptors (Lipinski definition) is 2. The monoisotopic (exact) mass is 468 g/mol. The Morgan fingerprint density at radius 1 is 0.941 bits per heavy atom. The molecule has 2 aliphatic carbocycles. The van der Waals surface area contributed by atoms with Gasteiger partial charge in [0.2, 0.25) is 0 Å². The van der Waals surface area contributed by atoms with E-state index in [0.717, 1.165) is 56.7 Å². The number of allylic oxidation sites excluding steroid dienone is 2. The summed E-state index contributed by atoms with van der Waals surface area (Å²) in [6.07, 6.45) is 10.6. The molecule has 2 fully saturated rings. The molecule has 2 nitrogen and oxygen atoms in total. The number of ether oxygens (including phenoxy) is 1. The van der Waals surface area contributed by atoms with Crippen molar-refractivity contribution in [3.8, 4) is 5.75 Å². The van der Waals surface area contributed by atoms with Gasteiger partial charge in [-0.25, -0.2) is 18.0 Å². The van der Waals surface area contributed by atoms with Gasteiger partial charge in [-0.2, -0.15) is 0 Å². The Bertz CT molecular complexity index is 1050. The first kappa shape index (κ1) is 24.3. The maximum absolute atomic E-state index is 15.0. The highest BCUT2D eigenvalue weighted by molar-refractivity contribution is 5.91. The van der Waals surface area contributed by atoms with Gasteiger partial charge in [0.15, 0.2) is 0 Å². The zero-order valence-electron chi connectivity index (χ0n) is 19.4. The van der Waals surface area contributed by atoms with Crippen LogP contribution in [0.15, 0.2) is 55.6 Å². The fraction of sp³-hybridized carbons (Fsp3) is 0.414. The van der Waals surface area contributed by atoms with Crippen molar-refractivity contribution in [1.82, 2.24) is 0 Å². The van der Waals surface area contributed by atoms with Crippen LogP contribution in [0.4, 0.5) is 13.2 Å². The molecule has 4 atom stereocenters. The van der Waals surface area contributed by atoms with Gasteiger partial charge < -0.3 is 4.74 Å². The topological polar surface area (TPSA) is 26.3 Å². The standard InChI is InChI=1S/C29H31F3O2/c1-3-5-6-19-11-12-24(17-25(19)30)34-29(33)23-15-26(31)28(27(32)16-23)22-10-9-20-13-18(4-2)7-8-21(20)14-22/h3-4,11-12,15-18,20-22H,1-2,5-10,13-14H2. The quantitative estimate of drug-likeness (QED) is 0.234. The van der Waals surface area contributed by atoms with Crippen molar-refractivity contribution in [2.45, 2.75) is 57.3 Å². The molecule has 5 heteroatoms.